The summed E-state index contributed by atoms with van der Waals surface area (Å²) in [6.07, 6.45) is 0.587. The van der Waals surface area contributed by atoms with Gasteiger partial charge in [-0.25, -0.2) is 14.3 Å². The van der Waals surface area contributed by atoms with E-state index in [-0.39, 0.29) is 18.2 Å². The number of imidazole rings is 1. The molecular formula is C10H14N4O6. The normalized spacial score (nSPS) is 13.6. The molecule has 0 radical (unpaired) electrons. The number of carbonyl (C=O) groups excluding carboxylic acids is 1. The molecule has 1 aromatic heterocycles. The molecule has 1 atom stereocenters. The fraction of sp³-hybridized carbons (Fsp3) is 0.600. The highest BCUT2D eigenvalue weighted by Gasteiger charge is 2.50. The van der Waals surface area contributed by atoms with Crippen LogP contribution in [-0.2, 0) is 23.0 Å². The first-order chi connectivity index (χ1) is 9.24. The molecule has 0 aliphatic carbocycles. The first-order valence-electron chi connectivity index (χ1n) is 5.70. The van der Waals surface area contributed by atoms with Crippen LogP contribution in [0.3, 0.4) is 0 Å². The Hall–Kier alpha value is -2.52. The third-order valence-electron chi connectivity index (χ3n) is 2.87. The smallest absolute Gasteiger partial charge is 0.385 e. The van der Waals surface area contributed by atoms with Gasteiger partial charge in [0.15, 0.2) is 0 Å². The molecule has 0 saturated carbocycles. The van der Waals surface area contributed by atoms with E-state index in [0.29, 0.717) is 0 Å². The van der Waals surface area contributed by atoms with Crippen LogP contribution in [0.1, 0.15) is 19.7 Å². The molecule has 10 nitrogen and oxygen atoms in total. The van der Waals surface area contributed by atoms with E-state index in [4.69, 9.17) is 0 Å². The Bertz CT molecular complexity index is 554. The fourth-order valence-electron chi connectivity index (χ4n) is 1.58. The first kappa shape index (κ1) is 15.5. The van der Waals surface area contributed by atoms with E-state index >= 15 is 0 Å². The number of nitrogens with zero attached hydrogens (tertiary/aromatic N) is 4. The summed E-state index contributed by atoms with van der Waals surface area (Å²) in [7, 11) is 1.35. The second kappa shape index (κ2) is 5.63. The Morgan fingerprint density at radius 3 is 2.50 bits per heavy atom. The average molecular weight is 286 g/mol. The maximum Gasteiger partial charge on any atom is 0.385 e. The van der Waals surface area contributed by atoms with Crippen LogP contribution < -0.4 is 0 Å². The zero-order valence-electron chi connectivity index (χ0n) is 11.2. The molecule has 1 rings (SSSR count). The number of ether oxygens (including phenoxy) is 1. The van der Waals surface area contributed by atoms with Gasteiger partial charge in [0, 0.05) is 11.8 Å². The number of carbonyl (C=O) groups is 1. The number of esters is 1. The third kappa shape index (κ3) is 2.73. The van der Waals surface area contributed by atoms with Crippen molar-refractivity contribution in [3.63, 3.8) is 0 Å². The van der Waals surface area contributed by atoms with E-state index in [1.165, 1.54) is 14.0 Å². The van der Waals surface area contributed by atoms with Crippen molar-refractivity contribution in [3.05, 3.63) is 32.2 Å². The van der Waals surface area contributed by atoms with Gasteiger partial charge in [-0.2, -0.15) is 0 Å². The van der Waals surface area contributed by atoms with Crippen molar-refractivity contribution in [1.82, 2.24) is 9.55 Å². The second-order valence-electron chi connectivity index (χ2n) is 4.28. The van der Waals surface area contributed by atoms with Gasteiger partial charge in [0.05, 0.1) is 13.7 Å². The first-order valence-corrected chi connectivity index (χ1v) is 5.70. The molecule has 0 aliphatic rings. The summed E-state index contributed by atoms with van der Waals surface area (Å²) in [5, 5.41) is 21.8. The van der Waals surface area contributed by atoms with Crippen LogP contribution in [0.5, 0.6) is 0 Å². The molecule has 0 spiro atoms. The van der Waals surface area contributed by atoms with Crippen LogP contribution in [0.15, 0.2) is 6.20 Å². The lowest BCUT2D eigenvalue weighted by Crippen LogP contribution is -2.47. The highest BCUT2D eigenvalue weighted by molar-refractivity contribution is 5.79. The lowest BCUT2D eigenvalue weighted by Gasteiger charge is -2.17. The van der Waals surface area contributed by atoms with Crippen LogP contribution in [0.2, 0.25) is 0 Å². The highest BCUT2D eigenvalue weighted by atomic mass is 16.6. The maximum atomic E-state index is 11.7. The van der Waals surface area contributed by atoms with Gasteiger partial charge in [-0.1, -0.05) is 0 Å². The Labute approximate surface area is 113 Å². The molecule has 10 heteroatoms. The molecule has 1 unspecified atom stereocenters. The summed E-state index contributed by atoms with van der Waals surface area (Å²) >= 11 is 0. The Kier molecular flexibility index (Phi) is 4.38. The molecule has 0 saturated heterocycles. The molecule has 0 aliphatic heterocycles. The Balaban J connectivity index is 3.12. The van der Waals surface area contributed by atoms with Crippen molar-refractivity contribution >= 4 is 11.8 Å². The minimum Gasteiger partial charge on any atom is -0.461 e. The van der Waals surface area contributed by atoms with Gasteiger partial charge >= 0.3 is 17.3 Å². The van der Waals surface area contributed by atoms with Crippen molar-refractivity contribution in [3.8, 4) is 0 Å². The lowest BCUT2D eigenvalue weighted by atomic mass is 9.98. The van der Waals surface area contributed by atoms with Crippen molar-refractivity contribution in [2.75, 3.05) is 6.61 Å². The minimum atomic E-state index is -2.04. The van der Waals surface area contributed by atoms with Gasteiger partial charge in [-0.15, -0.1) is 0 Å². The third-order valence-corrected chi connectivity index (χ3v) is 2.87. The summed E-state index contributed by atoms with van der Waals surface area (Å²) in [6, 6.07) is 0. The summed E-state index contributed by atoms with van der Waals surface area (Å²) in [6.45, 7) is 2.64. The Morgan fingerprint density at radius 1 is 1.50 bits per heavy atom. The van der Waals surface area contributed by atoms with Gasteiger partial charge in [0.2, 0.25) is 5.82 Å². The molecular weight excluding hydrogens is 272 g/mol. The van der Waals surface area contributed by atoms with E-state index in [1.807, 2.05) is 0 Å². The van der Waals surface area contributed by atoms with Gasteiger partial charge in [-0.05, 0) is 11.8 Å². The number of hydrogen-bond donors (Lipinski definition) is 0. The number of rotatable bonds is 6. The summed E-state index contributed by atoms with van der Waals surface area (Å²) < 4.78 is 5.78. The number of aromatic nitrogens is 2. The van der Waals surface area contributed by atoms with E-state index in [1.54, 1.807) is 0 Å². The monoisotopic (exact) mass is 286 g/mol. The Morgan fingerprint density at radius 2 is 2.10 bits per heavy atom. The van der Waals surface area contributed by atoms with E-state index in [9.17, 15) is 25.0 Å². The van der Waals surface area contributed by atoms with Crippen LogP contribution in [-0.4, -0.2) is 37.5 Å². The molecule has 1 aromatic rings. The standard InChI is InChI=1S/C10H14N4O6/c1-4-20-9(15)10(2,14(18)19)5-7-11-6-8(12(7)3)13(16)17/h6H,4-5H2,1-3H3. The minimum absolute atomic E-state index is 0.00295. The van der Waals surface area contributed by atoms with Gasteiger partial charge in [0.1, 0.15) is 12.6 Å². The van der Waals surface area contributed by atoms with Gasteiger partial charge in [-0.3, -0.25) is 10.1 Å². The lowest BCUT2D eigenvalue weighted by molar-refractivity contribution is -0.550. The van der Waals surface area contributed by atoms with Crippen molar-refractivity contribution in [1.29, 1.82) is 0 Å². The number of hydrogen-bond acceptors (Lipinski definition) is 7. The van der Waals surface area contributed by atoms with Crippen LogP contribution in [0.25, 0.3) is 0 Å². The largest absolute Gasteiger partial charge is 0.461 e. The second-order valence-corrected chi connectivity index (χ2v) is 4.28. The fourth-order valence-corrected chi connectivity index (χ4v) is 1.58. The van der Waals surface area contributed by atoms with E-state index in [0.717, 1.165) is 17.7 Å². The van der Waals surface area contributed by atoms with Crippen LogP contribution in [0, 0.1) is 20.2 Å². The van der Waals surface area contributed by atoms with Crippen molar-refractivity contribution in [2.24, 2.45) is 7.05 Å². The average Bonchev–Trinajstić information content (AvgIpc) is 2.70. The quantitative estimate of drug-likeness (QED) is 0.422. The van der Waals surface area contributed by atoms with E-state index < -0.39 is 27.8 Å². The molecule has 0 fully saturated rings. The predicted molar refractivity (Wildman–Crippen MR) is 65.6 cm³/mol. The molecule has 110 valence electrons. The van der Waals surface area contributed by atoms with Crippen LogP contribution >= 0.6 is 0 Å². The van der Waals surface area contributed by atoms with E-state index in [2.05, 4.69) is 9.72 Å². The molecule has 0 bridgehead atoms. The molecule has 20 heavy (non-hydrogen) atoms. The molecule has 1 heterocycles. The van der Waals surface area contributed by atoms with Crippen molar-refractivity contribution < 1.29 is 19.4 Å². The molecule has 0 aromatic carbocycles. The topological polar surface area (TPSA) is 130 Å². The predicted octanol–water partition coefficient (Wildman–Crippen LogP) is 0.469. The maximum absolute atomic E-state index is 11.7. The molecule has 0 amide bonds. The SMILES string of the molecule is CCOC(=O)C(C)(Cc1ncc([N+](=O)[O-])n1C)[N+](=O)[O-]. The van der Waals surface area contributed by atoms with Crippen molar-refractivity contribution in [2.45, 2.75) is 25.8 Å². The summed E-state index contributed by atoms with van der Waals surface area (Å²) in [5.74, 6) is -1.26. The molecule has 0 N–H and O–H groups in total. The van der Waals surface area contributed by atoms with Gasteiger partial charge < -0.3 is 14.9 Å². The summed E-state index contributed by atoms with van der Waals surface area (Å²) in [4.78, 5) is 35.9. The van der Waals surface area contributed by atoms with Gasteiger partial charge in [0.25, 0.3) is 0 Å². The highest BCUT2D eigenvalue weighted by Crippen LogP contribution is 2.21. The summed E-state index contributed by atoms with van der Waals surface area (Å²) in [5.41, 5.74) is -2.04. The zero-order valence-corrected chi connectivity index (χ0v) is 11.2. The zero-order chi connectivity index (χ0) is 15.5. The van der Waals surface area contributed by atoms with Crippen LogP contribution in [0.4, 0.5) is 5.82 Å². The number of nitro groups is 2.